The number of nitrogens with zero attached hydrogens (tertiary/aromatic N) is 4. The quantitative estimate of drug-likeness (QED) is 0.415. The Morgan fingerprint density at radius 1 is 1.16 bits per heavy atom. The van der Waals surface area contributed by atoms with Gasteiger partial charge in [-0.3, -0.25) is 0 Å². The SMILES string of the molecule is Cc1c(NC(=O)Nc2ccc(N3CCC(CCO)CC3)c(C#N)c2)cnn1-c1ccc(C(F)(F)F)cc1. The van der Waals surface area contributed by atoms with Crippen LogP contribution in [0.15, 0.2) is 48.7 Å². The van der Waals surface area contributed by atoms with Crippen molar-refractivity contribution in [3.63, 3.8) is 0 Å². The van der Waals surface area contributed by atoms with Gasteiger partial charge in [0.1, 0.15) is 6.07 Å². The first-order valence-electron chi connectivity index (χ1n) is 11.9. The first-order valence-corrected chi connectivity index (χ1v) is 11.9. The summed E-state index contributed by atoms with van der Waals surface area (Å²) >= 11 is 0. The van der Waals surface area contributed by atoms with Gasteiger partial charge >= 0.3 is 12.2 Å². The number of alkyl halides is 3. The molecule has 1 aromatic heterocycles. The number of benzene rings is 2. The molecular formula is C26H27F3N6O2. The molecular weight excluding hydrogens is 485 g/mol. The first kappa shape index (κ1) is 26.0. The lowest BCUT2D eigenvalue weighted by Gasteiger charge is -2.34. The fourth-order valence-corrected chi connectivity index (χ4v) is 4.49. The third-order valence-corrected chi connectivity index (χ3v) is 6.56. The molecule has 3 N–H and O–H groups in total. The number of piperidine rings is 1. The fraction of sp³-hybridized carbons (Fsp3) is 0.346. The Bertz CT molecular complexity index is 1290. The standard InChI is InChI=1S/C26H27F3N6O2/c1-17-23(16-31-35(17)22-5-2-20(3-6-22)26(27,28)29)33-25(37)32-21-4-7-24(19(14-21)15-30)34-11-8-18(9-12-34)10-13-36/h2-7,14,16,18,36H,8-13H2,1H3,(H2,32,33,37). The van der Waals surface area contributed by atoms with Crippen LogP contribution in [0.2, 0.25) is 0 Å². The van der Waals surface area contributed by atoms with Crippen LogP contribution in [-0.4, -0.2) is 40.6 Å². The van der Waals surface area contributed by atoms with E-state index in [0.29, 0.717) is 34.2 Å². The molecule has 0 radical (unpaired) electrons. The lowest BCUT2D eigenvalue weighted by atomic mass is 9.93. The number of halogens is 3. The van der Waals surface area contributed by atoms with Crippen LogP contribution in [-0.2, 0) is 6.18 Å². The van der Waals surface area contributed by atoms with Gasteiger partial charge in [-0.15, -0.1) is 0 Å². The highest BCUT2D eigenvalue weighted by atomic mass is 19.4. The molecule has 1 aliphatic rings. The molecule has 2 amide bonds. The number of urea groups is 1. The van der Waals surface area contributed by atoms with E-state index in [1.54, 1.807) is 19.1 Å². The molecule has 3 aromatic rings. The van der Waals surface area contributed by atoms with Crippen molar-refractivity contribution in [2.75, 3.05) is 35.2 Å². The molecule has 0 spiro atoms. The van der Waals surface area contributed by atoms with Gasteiger partial charge < -0.3 is 20.6 Å². The maximum atomic E-state index is 12.8. The van der Waals surface area contributed by atoms with Gasteiger partial charge in [0.25, 0.3) is 0 Å². The summed E-state index contributed by atoms with van der Waals surface area (Å²) in [4.78, 5) is 14.8. The van der Waals surface area contributed by atoms with Crippen LogP contribution in [0.3, 0.4) is 0 Å². The van der Waals surface area contributed by atoms with Crippen molar-refractivity contribution in [2.24, 2.45) is 5.92 Å². The minimum absolute atomic E-state index is 0.186. The molecule has 4 rings (SSSR count). The van der Waals surface area contributed by atoms with Gasteiger partial charge in [-0.05, 0) is 74.6 Å². The first-order chi connectivity index (χ1) is 17.7. The molecule has 194 valence electrons. The predicted octanol–water partition coefficient (Wildman–Crippen LogP) is 5.31. The number of aromatic nitrogens is 2. The summed E-state index contributed by atoms with van der Waals surface area (Å²) in [6, 6.07) is 11.4. The Labute approximate surface area is 212 Å². The molecule has 0 atom stereocenters. The summed E-state index contributed by atoms with van der Waals surface area (Å²) in [6.45, 7) is 3.47. The lowest BCUT2D eigenvalue weighted by Crippen LogP contribution is -2.34. The van der Waals surface area contributed by atoms with E-state index >= 15 is 0 Å². The summed E-state index contributed by atoms with van der Waals surface area (Å²) in [5.74, 6) is 0.489. The Morgan fingerprint density at radius 3 is 2.49 bits per heavy atom. The highest BCUT2D eigenvalue weighted by molar-refractivity contribution is 6.00. The van der Waals surface area contributed by atoms with Gasteiger partial charge in [-0.2, -0.15) is 23.5 Å². The zero-order chi connectivity index (χ0) is 26.6. The minimum atomic E-state index is -4.43. The molecule has 11 heteroatoms. The van der Waals surface area contributed by atoms with E-state index in [2.05, 4.69) is 26.7 Å². The summed E-state index contributed by atoms with van der Waals surface area (Å²) < 4.78 is 39.9. The number of carbonyl (C=O) groups is 1. The lowest BCUT2D eigenvalue weighted by molar-refractivity contribution is -0.137. The smallest absolute Gasteiger partial charge is 0.396 e. The zero-order valence-electron chi connectivity index (χ0n) is 20.2. The summed E-state index contributed by atoms with van der Waals surface area (Å²) in [6.07, 6.45) is -0.319. The highest BCUT2D eigenvalue weighted by Crippen LogP contribution is 2.31. The average molecular weight is 513 g/mol. The molecule has 0 aliphatic carbocycles. The Morgan fingerprint density at radius 2 is 1.86 bits per heavy atom. The number of nitriles is 1. The van der Waals surface area contributed by atoms with E-state index < -0.39 is 17.8 Å². The number of hydrogen-bond acceptors (Lipinski definition) is 5. The predicted molar refractivity (Wildman–Crippen MR) is 134 cm³/mol. The van der Waals surface area contributed by atoms with Gasteiger partial charge in [0, 0.05) is 25.4 Å². The van der Waals surface area contributed by atoms with Crippen LogP contribution < -0.4 is 15.5 Å². The van der Waals surface area contributed by atoms with E-state index in [1.165, 1.54) is 23.0 Å². The maximum absolute atomic E-state index is 12.8. The number of nitrogens with one attached hydrogen (secondary N) is 2. The van der Waals surface area contributed by atoms with Crippen LogP contribution >= 0.6 is 0 Å². The molecule has 0 saturated carbocycles. The largest absolute Gasteiger partial charge is 0.416 e. The van der Waals surface area contributed by atoms with Gasteiger partial charge in [-0.1, -0.05) is 0 Å². The van der Waals surface area contributed by atoms with Crippen LogP contribution in [0.5, 0.6) is 0 Å². The van der Waals surface area contributed by atoms with Crippen molar-refractivity contribution in [3.8, 4) is 11.8 Å². The maximum Gasteiger partial charge on any atom is 0.416 e. The monoisotopic (exact) mass is 512 g/mol. The second kappa shape index (κ2) is 10.9. The van der Waals surface area contributed by atoms with Gasteiger partial charge in [0.15, 0.2) is 0 Å². The summed E-state index contributed by atoms with van der Waals surface area (Å²) in [7, 11) is 0. The van der Waals surface area contributed by atoms with Crippen molar-refractivity contribution >= 4 is 23.1 Å². The number of aliphatic hydroxyl groups is 1. The van der Waals surface area contributed by atoms with Gasteiger partial charge in [-0.25, -0.2) is 9.48 Å². The number of amides is 2. The number of rotatable bonds is 6. The fourth-order valence-electron chi connectivity index (χ4n) is 4.49. The van der Waals surface area contributed by atoms with E-state index in [9.17, 15) is 23.2 Å². The molecule has 37 heavy (non-hydrogen) atoms. The van der Waals surface area contributed by atoms with E-state index in [1.807, 2.05) is 6.07 Å². The van der Waals surface area contributed by atoms with Crippen LogP contribution in [0.25, 0.3) is 5.69 Å². The van der Waals surface area contributed by atoms with E-state index in [-0.39, 0.29) is 6.61 Å². The van der Waals surface area contributed by atoms with E-state index in [0.717, 1.165) is 50.2 Å². The van der Waals surface area contributed by atoms with Gasteiger partial charge in [0.2, 0.25) is 0 Å². The molecule has 8 nitrogen and oxygen atoms in total. The van der Waals surface area contributed by atoms with Crippen molar-refractivity contribution in [1.82, 2.24) is 9.78 Å². The second-order valence-electron chi connectivity index (χ2n) is 8.97. The Balaban J connectivity index is 1.41. The van der Waals surface area contributed by atoms with Crippen LogP contribution in [0.1, 0.15) is 36.1 Å². The third kappa shape index (κ3) is 6.03. The average Bonchev–Trinajstić information content (AvgIpc) is 3.23. The van der Waals surface area contributed by atoms with E-state index in [4.69, 9.17) is 5.11 Å². The molecule has 1 saturated heterocycles. The van der Waals surface area contributed by atoms with Crippen molar-refractivity contribution in [3.05, 3.63) is 65.5 Å². The second-order valence-corrected chi connectivity index (χ2v) is 8.97. The molecule has 0 unspecified atom stereocenters. The zero-order valence-corrected chi connectivity index (χ0v) is 20.2. The molecule has 1 fully saturated rings. The molecule has 1 aliphatic heterocycles. The number of aliphatic hydroxyl groups excluding tert-OH is 1. The molecule has 0 bridgehead atoms. The van der Waals surface area contributed by atoms with Crippen molar-refractivity contribution in [1.29, 1.82) is 5.26 Å². The van der Waals surface area contributed by atoms with Crippen molar-refractivity contribution < 1.29 is 23.1 Å². The molecule has 2 heterocycles. The molecule has 2 aromatic carbocycles. The number of hydrogen-bond donors (Lipinski definition) is 3. The third-order valence-electron chi connectivity index (χ3n) is 6.56. The van der Waals surface area contributed by atoms with Gasteiger partial charge in [0.05, 0.1) is 40.1 Å². The summed E-state index contributed by atoms with van der Waals surface area (Å²) in [5.41, 5.74) is 2.30. The van der Waals surface area contributed by atoms with Crippen molar-refractivity contribution in [2.45, 2.75) is 32.4 Å². The number of anilines is 3. The highest BCUT2D eigenvalue weighted by Gasteiger charge is 2.30. The summed E-state index contributed by atoms with van der Waals surface area (Å²) in [5, 5.41) is 28.4. The number of carbonyl (C=O) groups excluding carboxylic acids is 1. The normalized spacial score (nSPS) is 14.3. The van der Waals surface area contributed by atoms with Crippen LogP contribution in [0.4, 0.5) is 35.0 Å². The van der Waals surface area contributed by atoms with Crippen LogP contribution in [0, 0.1) is 24.2 Å². The Hall–Kier alpha value is -4.04. The topological polar surface area (TPSA) is 106 Å². The minimum Gasteiger partial charge on any atom is -0.396 e. The Kier molecular flexibility index (Phi) is 7.69.